The molecule has 1 amide bonds. The zero-order valence-corrected chi connectivity index (χ0v) is 8.33. The molecule has 0 aromatic heterocycles. The van der Waals surface area contributed by atoms with Crippen LogP contribution in [-0.4, -0.2) is 19.6 Å². The summed E-state index contributed by atoms with van der Waals surface area (Å²) in [5.41, 5.74) is 1.85. The highest BCUT2D eigenvalue weighted by atomic mass is 16.5. The number of nitrogens with one attached hydrogen (secondary N) is 1. The highest BCUT2D eigenvalue weighted by Gasteiger charge is 2.22. The Morgan fingerprint density at radius 2 is 2.29 bits per heavy atom. The number of carbonyl (C=O) groups is 1. The zero-order chi connectivity index (χ0) is 10.1. The molecule has 0 saturated carbocycles. The Morgan fingerprint density at radius 3 is 3.00 bits per heavy atom. The minimum Gasteiger partial charge on any atom is -0.497 e. The average molecular weight is 191 g/mol. The van der Waals surface area contributed by atoms with E-state index in [-0.39, 0.29) is 5.91 Å². The molecule has 1 N–H and O–H groups in total. The second-order valence-corrected chi connectivity index (χ2v) is 3.56. The second kappa shape index (κ2) is 3.33. The Kier molecular flexibility index (Phi) is 2.15. The van der Waals surface area contributed by atoms with Crippen LogP contribution in [0.5, 0.6) is 5.75 Å². The predicted molar refractivity (Wildman–Crippen MR) is 53.7 cm³/mol. The van der Waals surface area contributed by atoms with Gasteiger partial charge in [0.2, 0.25) is 0 Å². The number of rotatable bonds is 1. The van der Waals surface area contributed by atoms with E-state index in [4.69, 9.17) is 4.74 Å². The third-order valence-corrected chi connectivity index (χ3v) is 2.60. The first-order valence-electron chi connectivity index (χ1n) is 4.68. The van der Waals surface area contributed by atoms with Crippen LogP contribution in [-0.2, 0) is 0 Å². The van der Waals surface area contributed by atoms with Gasteiger partial charge in [-0.15, -0.1) is 0 Å². The van der Waals surface area contributed by atoms with Gasteiger partial charge in [-0.1, -0.05) is 13.0 Å². The first kappa shape index (κ1) is 9.06. The van der Waals surface area contributed by atoms with E-state index in [0.717, 1.165) is 23.4 Å². The van der Waals surface area contributed by atoms with Gasteiger partial charge < -0.3 is 10.1 Å². The van der Waals surface area contributed by atoms with Gasteiger partial charge in [0.05, 0.1) is 7.11 Å². The van der Waals surface area contributed by atoms with Gasteiger partial charge in [-0.25, -0.2) is 0 Å². The molecule has 0 saturated heterocycles. The minimum absolute atomic E-state index is 0.00278. The van der Waals surface area contributed by atoms with Crippen molar-refractivity contribution in [1.82, 2.24) is 5.32 Å². The number of benzene rings is 1. The Labute approximate surface area is 83.1 Å². The average Bonchev–Trinajstić information content (AvgIpc) is 2.23. The number of hydrogen-bond acceptors (Lipinski definition) is 2. The molecule has 0 fully saturated rings. The van der Waals surface area contributed by atoms with E-state index in [2.05, 4.69) is 12.2 Å². The summed E-state index contributed by atoms with van der Waals surface area (Å²) in [5.74, 6) is 1.11. The van der Waals surface area contributed by atoms with Crippen LogP contribution < -0.4 is 10.1 Å². The molecule has 1 aliphatic heterocycles. The summed E-state index contributed by atoms with van der Waals surface area (Å²) >= 11 is 0. The van der Waals surface area contributed by atoms with E-state index in [1.807, 2.05) is 12.1 Å². The number of amides is 1. The standard InChI is InChI=1S/C11H13NO2/c1-7-6-12-11(13)10-5-8(14-2)3-4-9(7)10/h3-5,7H,6H2,1-2H3,(H,12,13). The highest BCUT2D eigenvalue weighted by molar-refractivity contribution is 5.97. The van der Waals surface area contributed by atoms with Gasteiger partial charge >= 0.3 is 0 Å². The van der Waals surface area contributed by atoms with E-state index in [1.165, 1.54) is 0 Å². The number of methoxy groups -OCH3 is 1. The lowest BCUT2D eigenvalue weighted by Crippen LogP contribution is -2.33. The number of hydrogen-bond donors (Lipinski definition) is 1. The Hall–Kier alpha value is -1.51. The first-order chi connectivity index (χ1) is 6.72. The van der Waals surface area contributed by atoms with E-state index in [1.54, 1.807) is 13.2 Å². The summed E-state index contributed by atoms with van der Waals surface area (Å²) < 4.78 is 5.08. The fraction of sp³-hybridized carbons (Fsp3) is 0.364. The van der Waals surface area contributed by atoms with Crippen LogP contribution in [0.1, 0.15) is 28.8 Å². The molecule has 1 heterocycles. The molecule has 3 heteroatoms. The molecule has 74 valence electrons. The maximum absolute atomic E-state index is 11.5. The van der Waals surface area contributed by atoms with Gasteiger partial charge in [0.25, 0.3) is 5.91 Å². The van der Waals surface area contributed by atoms with Crippen molar-refractivity contribution < 1.29 is 9.53 Å². The Bertz CT molecular complexity index is 374. The van der Waals surface area contributed by atoms with Crippen LogP contribution >= 0.6 is 0 Å². The quantitative estimate of drug-likeness (QED) is 0.731. The smallest absolute Gasteiger partial charge is 0.251 e. The second-order valence-electron chi connectivity index (χ2n) is 3.56. The lowest BCUT2D eigenvalue weighted by atomic mass is 9.92. The molecule has 0 spiro atoms. The number of carbonyl (C=O) groups excluding carboxylic acids is 1. The van der Waals surface area contributed by atoms with Gasteiger partial charge in [0, 0.05) is 12.1 Å². The van der Waals surface area contributed by atoms with Gasteiger partial charge in [0.15, 0.2) is 0 Å². The predicted octanol–water partition coefficient (Wildman–Crippen LogP) is 1.54. The molecule has 2 rings (SSSR count). The molecule has 1 unspecified atom stereocenters. The lowest BCUT2D eigenvalue weighted by Gasteiger charge is -2.22. The fourth-order valence-corrected chi connectivity index (χ4v) is 1.74. The normalized spacial score (nSPS) is 19.9. The third-order valence-electron chi connectivity index (χ3n) is 2.60. The monoisotopic (exact) mass is 191 g/mol. The molecule has 14 heavy (non-hydrogen) atoms. The number of fused-ring (bicyclic) bond motifs is 1. The number of ether oxygens (including phenoxy) is 1. The molecule has 0 bridgehead atoms. The van der Waals surface area contributed by atoms with Crippen LogP contribution in [0.3, 0.4) is 0 Å². The van der Waals surface area contributed by atoms with E-state index in [0.29, 0.717) is 5.92 Å². The highest BCUT2D eigenvalue weighted by Crippen LogP contribution is 2.26. The molecule has 3 nitrogen and oxygen atoms in total. The van der Waals surface area contributed by atoms with Gasteiger partial charge in [-0.05, 0) is 23.6 Å². The SMILES string of the molecule is COc1ccc2c(c1)C(=O)NCC2C. The molecule has 1 aliphatic rings. The largest absolute Gasteiger partial charge is 0.497 e. The maximum Gasteiger partial charge on any atom is 0.251 e. The van der Waals surface area contributed by atoms with E-state index in [9.17, 15) is 4.79 Å². The van der Waals surface area contributed by atoms with Crippen LogP contribution in [0.25, 0.3) is 0 Å². The van der Waals surface area contributed by atoms with E-state index >= 15 is 0 Å². The maximum atomic E-state index is 11.5. The Morgan fingerprint density at radius 1 is 1.50 bits per heavy atom. The summed E-state index contributed by atoms with van der Waals surface area (Å²) in [7, 11) is 1.60. The van der Waals surface area contributed by atoms with Gasteiger partial charge in [-0.2, -0.15) is 0 Å². The molecule has 1 aromatic rings. The van der Waals surface area contributed by atoms with Crippen molar-refractivity contribution in [1.29, 1.82) is 0 Å². The van der Waals surface area contributed by atoms with Crippen molar-refractivity contribution >= 4 is 5.91 Å². The van der Waals surface area contributed by atoms with E-state index < -0.39 is 0 Å². The Balaban J connectivity index is 2.50. The molecule has 0 radical (unpaired) electrons. The summed E-state index contributed by atoms with van der Waals surface area (Å²) in [6.07, 6.45) is 0. The van der Waals surface area contributed by atoms with Crippen molar-refractivity contribution in [2.24, 2.45) is 0 Å². The first-order valence-corrected chi connectivity index (χ1v) is 4.68. The fourth-order valence-electron chi connectivity index (χ4n) is 1.74. The van der Waals surface area contributed by atoms with Gasteiger partial charge in [0.1, 0.15) is 5.75 Å². The third kappa shape index (κ3) is 1.35. The summed E-state index contributed by atoms with van der Waals surface area (Å²) in [4.78, 5) is 11.5. The van der Waals surface area contributed by atoms with Crippen molar-refractivity contribution in [2.45, 2.75) is 12.8 Å². The molecule has 0 aliphatic carbocycles. The molecule has 1 atom stereocenters. The summed E-state index contributed by atoms with van der Waals surface area (Å²) in [6.45, 7) is 2.82. The molecular weight excluding hydrogens is 178 g/mol. The van der Waals surface area contributed by atoms with Crippen molar-refractivity contribution in [3.05, 3.63) is 29.3 Å². The van der Waals surface area contributed by atoms with Crippen molar-refractivity contribution in [2.75, 3.05) is 13.7 Å². The lowest BCUT2D eigenvalue weighted by molar-refractivity contribution is 0.0941. The molecule has 1 aromatic carbocycles. The van der Waals surface area contributed by atoms with Crippen LogP contribution in [0.15, 0.2) is 18.2 Å². The van der Waals surface area contributed by atoms with Crippen molar-refractivity contribution in [3.8, 4) is 5.75 Å². The van der Waals surface area contributed by atoms with Crippen LogP contribution in [0, 0.1) is 0 Å². The van der Waals surface area contributed by atoms with Gasteiger partial charge in [-0.3, -0.25) is 4.79 Å². The summed E-state index contributed by atoms with van der Waals surface area (Å²) in [6, 6.07) is 5.66. The van der Waals surface area contributed by atoms with Crippen LogP contribution in [0.2, 0.25) is 0 Å². The minimum atomic E-state index is -0.00278. The van der Waals surface area contributed by atoms with Crippen LogP contribution in [0.4, 0.5) is 0 Å². The van der Waals surface area contributed by atoms with Crippen molar-refractivity contribution in [3.63, 3.8) is 0 Å². The zero-order valence-electron chi connectivity index (χ0n) is 8.33. The topological polar surface area (TPSA) is 38.3 Å². The summed E-state index contributed by atoms with van der Waals surface area (Å²) in [5, 5.41) is 2.84. The molecular formula is C11H13NO2.